The van der Waals surface area contributed by atoms with E-state index in [0.29, 0.717) is 11.4 Å². The molecule has 3 aromatic rings. The zero-order valence-corrected chi connectivity index (χ0v) is 17.6. The van der Waals surface area contributed by atoms with Gasteiger partial charge in [-0.25, -0.2) is 4.39 Å². The van der Waals surface area contributed by atoms with Gasteiger partial charge in [-0.05, 0) is 52.0 Å². The standard InChI is InChI=1S/C19H22FN5O3S/c1-10-16(11(2)25(5)24-10)21-17(26)13(4)29-19-23-22-18(28-19)12(3)27-15-8-6-14(20)7-9-15/h6-9,12-13H,1-5H3,(H,21,26)/t12-,13+/m1/s1. The smallest absolute Gasteiger partial charge is 0.277 e. The lowest BCUT2D eigenvalue weighted by atomic mass is 10.3. The lowest BCUT2D eigenvalue weighted by Crippen LogP contribution is -2.23. The molecule has 154 valence electrons. The summed E-state index contributed by atoms with van der Waals surface area (Å²) in [6.07, 6.45) is -0.521. The predicted molar refractivity (Wildman–Crippen MR) is 106 cm³/mol. The van der Waals surface area contributed by atoms with E-state index in [1.807, 2.05) is 20.9 Å². The highest BCUT2D eigenvalue weighted by Gasteiger charge is 2.22. The van der Waals surface area contributed by atoms with Crippen LogP contribution in [0.25, 0.3) is 0 Å². The molecular formula is C19H22FN5O3S. The fraction of sp³-hybridized carbons (Fsp3) is 0.368. The SMILES string of the molecule is Cc1nn(C)c(C)c1NC(=O)[C@H](C)Sc1nnc([C@@H](C)Oc2ccc(F)cc2)o1. The molecule has 0 aliphatic heterocycles. The van der Waals surface area contributed by atoms with E-state index in [1.165, 1.54) is 24.3 Å². The number of halogens is 1. The average Bonchev–Trinajstić information content (AvgIpc) is 3.23. The van der Waals surface area contributed by atoms with E-state index < -0.39 is 11.4 Å². The summed E-state index contributed by atoms with van der Waals surface area (Å²) in [4.78, 5) is 12.5. The molecule has 29 heavy (non-hydrogen) atoms. The predicted octanol–water partition coefficient (Wildman–Crippen LogP) is 3.82. The third-order valence-corrected chi connectivity index (χ3v) is 5.23. The second-order valence-corrected chi connectivity index (χ2v) is 7.83. The summed E-state index contributed by atoms with van der Waals surface area (Å²) in [5.41, 5.74) is 2.33. The van der Waals surface area contributed by atoms with Crippen LogP contribution in [-0.2, 0) is 11.8 Å². The Labute approximate surface area is 171 Å². The number of hydrogen-bond acceptors (Lipinski definition) is 7. The fourth-order valence-electron chi connectivity index (χ4n) is 2.58. The van der Waals surface area contributed by atoms with Gasteiger partial charge in [0.2, 0.25) is 5.91 Å². The van der Waals surface area contributed by atoms with E-state index in [2.05, 4.69) is 20.6 Å². The molecule has 2 aromatic heterocycles. The first-order valence-corrected chi connectivity index (χ1v) is 9.86. The summed E-state index contributed by atoms with van der Waals surface area (Å²) in [6.45, 7) is 7.23. The van der Waals surface area contributed by atoms with Crippen LogP contribution in [0.5, 0.6) is 5.75 Å². The van der Waals surface area contributed by atoms with E-state index in [0.717, 1.165) is 23.1 Å². The highest BCUT2D eigenvalue weighted by Crippen LogP contribution is 2.27. The highest BCUT2D eigenvalue weighted by molar-refractivity contribution is 8.00. The van der Waals surface area contributed by atoms with Crippen LogP contribution >= 0.6 is 11.8 Å². The molecule has 10 heteroatoms. The van der Waals surface area contributed by atoms with Crippen molar-refractivity contribution in [3.05, 3.63) is 47.4 Å². The number of benzene rings is 1. The van der Waals surface area contributed by atoms with Gasteiger partial charge < -0.3 is 14.5 Å². The quantitative estimate of drug-likeness (QED) is 0.582. The van der Waals surface area contributed by atoms with Crippen molar-refractivity contribution in [3.8, 4) is 5.75 Å². The second-order valence-electron chi connectivity index (χ2n) is 6.54. The highest BCUT2D eigenvalue weighted by atomic mass is 32.2. The van der Waals surface area contributed by atoms with Gasteiger partial charge >= 0.3 is 0 Å². The van der Waals surface area contributed by atoms with Gasteiger partial charge in [-0.1, -0.05) is 11.8 Å². The van der Waals surface area contributed by atoms with Gasteiger partial charge in [0.25, 0.3) is 11.1 Å². The van der Waals surface area contributed by atoms with Gasteiger partial charge in [0, 0.05) is 7.05 Å². The summed E-state index contributed by atoms with van der Waals surface area (Å²) in [7, 11) is 1.82. The van der Waals surface area contributed by atoms with Gasteiger partial charge in [0.1, 0.15) is 11.6 Å². The Balaban J connectivity index is 1.59. The minimum atomic E-state index is -0.521. The van der Waals surface area contributed by atoms with Crippen LogP contribution in [0.2, 0.25) is 0 Å². The molecule has 0 aliphatic carbocycles. The molecule has 1 aromatic carbocycles. The van der Waals surface area contributed by atoms with Gasteiger partial charge in [-0.2, -0.15) is 5.10 Å². The van der Waals surface area contributed by atoms with Gasteiger partial charge in [0.05, 0.1) is 22.3 Å². The topological polar surface area (TPSA) is 95.1 Å². The van der Waals surface area contributed by atoms with Crippen LogP contribution in [0.1, 0.15) is 37.2 Å². The van der Waals surface area contributed by atoms with Crippen LogP contribution < -0.4 is 10.1 Å². The van der Waals surface area contributed by atoms with E-state index >= 15 is 0 Å². The average molecular weight is 419 g/mol. The molecule has 3 rings (SSSR count). The number of rotatable bonds is 7. The van der Waals surface area contributed by atoms with Gasteiger partial charge in [0.15, 0.2) is 6.10 Å². The number of anilines is 1. The third kappa shape index (κ3) is 4.94. The maximum Gasteiger partial charge on any atom is 0.277 e. The van der Waals surface area contributed by atoms with E-state index in [-0.39, 0.29) is 22.8 Å². The Morgan fingerprint density at radius 2 is 1.93 bits per heavy atom. The molecule has 8 nitrogen and oxygen atoms in total. The minimum absolute atomic E-state index is 0.190. The number of ether oxygens (including phenoxy) is 1. The zero-order valence-electron chi connectivity index (χ0n) is 16.8. The van der Waals surface area contributed by atoms with Gasteiger partial charge in [-0.15, -0.1) is 10.2 Å². The van der Waals surface area contributed by atoms with Crippen LogP contribution in [0.4, 0.5) is 10.1 Å². The van der Waals surface area contributed by atoms with Crippen molar-refractivity contribution < 1.29 is 18.3 Å². The van der Waals surface area contributed by atoms with Crippen LogP contribution in [0, 0.1) is 19.7 Å². The molecule has 0 saturated heterocycles. The maximum absolute atomic E-state index is 13.0. The maximum atomic E-state index is 13.0. The minimum Gasteiger partial charge on any atom is -0.481 e. The summed E-state index contributed by atoms with van der Waals surface area (Å²) >= 11 is 1.15. The van der Waals surface area contributed by atoms with Crippen molar-refractivity contribution in [2.75, 3.05) is 5.32 Å². The fourth-order valence-corrected chi connectivity index (χ4v) is 3.27. The lowest BCUT2D eigenvalue weighted by Gasteiger charge is -2.11. The van der Waals surface area contributed by atoms with E-state index in [1.54, 1.807) is 18.5 Å². The molecule has 1 N–H and O–H groups in total. The zero-order chi connectivity index (χ0) is 21.1. The largest absolute Gasteiger partial charge is 0.481 e. The number of aryl methyl sites for hydroxylation is 2. The first kappa shape index (κ1) is 20.8. The number of aromatic nitrogens is 4. The van der Waals surface area contributed by atoms with E-state index in [9.17, 15) is 9.18 Å². The molecule has 2 heterocycles. The van der Waals surface area contributed by atoms with E-state index in [4.69, 9.17) is 9.15 Å². The summed E-state index contributed by atoms with van der Waals surface area (Å²) in [6, 6.07) is 5.66. The molecule has 0 aliphatic rings. The summed E-state index contributed by atoms with van der Waals surface area (Å²) < 4.78 is 26.0. The molecule has 0 saturated carbocycles. The Hall–Kier alpha value is -2.88. The molecule has 0 unspecified atom stereocenters. The first-order valence-electron chi connectivity index (χ1n) is 8.98. The molecule has 0 radical (unpaired) electrons. The Morgan fingerprint density at radius 1 is 1.24 bits per heavy atom. The van der Waals surface area contributed by atoms with Crippen molar-refractivity contribution in [1.82, 2.24) is 20.0 Å². The normalized spacial score (nSPS) is 13.2. The molecule has 2 atom stereocenters. The molecule has 0 spiro atoms. The van der Waals surface area contributed by atoms with Crippen LogP contribution in [-0.4, -0.2) is 31.1 Å². The van der Waals surface area contributed by atoms with Crippen molar-refractivity contribution in [3.63, 3.8) is 0 Å². The Kier molecular flexibility index (Phi) is 6.21. The van der Waals surface area contributed by atoms with Crippen LogP contribution in [0.15, 0.2) is 33.9 Å². The number of hydrogen-bond donors (Lipinski definition) is 1. The number of carbonyl (C=O) groups excluding carboxylic acids is 1. The third-order valence-electron chi connectivity index (χ3n) is 4.30. The summed E-state index contributed by atoms with van der Waals surface area (Å²) in [5.74, 6) is 0.222. The number of thioether (sulfide) groups is 1. The first-order chi connectivity index (χ1) is 13.7. The number of amides is 1. The van der Waals surface area contributed by atoms with Gasteiger partial charge in [-0.3, -0.25) is 9.48 Å². The van der Waals surface area contributed by atoms with Crippen molar-refractivity contribution in [2.24, 2.45) is 7.05 Å². The molecule has 0 bridgehead atoms. The Bertz CT molecular complexity index is 1000. The Morgan fingerprint density at radius 3 is 2.55 bits per heavy atom. The molecule has 1 amide bonds. The second kappa shape index (κ2) is 8.64. The van der Waals surface area contributed by atoms with Crippen molar-refractivity contribution in [2.45, 2.75) is 44.3 Å². The summed E-state index contributed by atoms with van der Waals surface area (Å²) in [5, 5.41) is 14.9. The van der Waals surface area contributed by atoms with Crippen LogP contribution in [0.3, 0.4) is 0 Å². The van der Waals surface area contributed by atoms with Crippen molar-refractivity contribution >= 4 is 23.4 Å². The van der Waals surface area contributed by atoms with Crippen molar-refractivity contribution in [1.29, 1.82) is 0 Å². The lowest BCUT2D eigenvalue weighted by molar-refractivity contribution is -0.115. The number of carbonyl (C=O) groups is 1. The molecular weight excluding hydrogens is 397 g/mol. The number of nitrogens with one attached hydrogen (secondary N) is 1. The monoisotopic (exact) mass is 419 g/mol. The number of nitrogens with zero attached hydrogens (tertiary/aromatic N) is 4. The molecule has 0 fully saturated rings.